The molecule has 5 heterocycles. The standard InChI is InChI=1S/C22H26N6O3/c1-14-8-15(2)13-26(12-14)21(29)16-9-18-20(23-11-16)27(6-7-31-18)17-4-5-28-19(10-17)24-25(3)22(28)30/h4-5,9-11,14-15H,6-8,12-13H2,1-3H3/t14-,15+. The van der Waals surface area contributed by atoms with Crippen LogP contribution in [0.3, 0.4) is 0 Å². The van der Waals surface area contributed by atoms with Crippen molar-refractivity contribution >= 4 is 23.1 Å². The molecule has 1 amide bonds. The van der Waals surface area contributed by atoms with E-state index in [1.54, 1.807) is 25.5 Å². The Labute approximate surface area is 179 Å². The molecule has 0 unspecified atom stereocenters. The van der Waals surface area contributed by atoms with E-state index in [1.165, 1.54) is 9.08 Å². The van der Waals surface area contributed by atoms with Crippen LogP contribution in [0.4, 0.5) is 11.5 Å². The van der Waals surface area contributed by atoms with Gasteiger partial charge >= 0.3 is 5.69 Å². The first-order valence-corrected chi connectivity index (χ1v) is 10.7. The zero-order valence-corrected chi connectivity index (χ0v) is 18.0. The van der Waals surface area contributed by atoms with Crippen molar-refractivity contribution in [3.8, 4) is 5.75 Å². The predicted octanol–water partition coefficient (Wildman–Crippen LogP) is 2.08. The smallest absolute Gasteiger partial charge is 0.350 e. The molecule has 2 aliphatic heterocycles. The summed E-state index contributed by atoms with van der Waals surface area (Å²) < 4.78 is 8.67. The number of carbonyl (C=O) groups excluding carboxylic acids is 1. The minimum absolute atomic E-state index is 0.00343. The highest BCUT2D eigenvalue weighted by molar-refractivity contribution is 5.95. The maximum atomic E-state index is 13.1. The van der Waals surface area contributed by atoms with Crippen LogP contribution in [0, 0.1) is 11.8 Å². The van der Waals surface area contributed by atoms with Crippen LogP contribution < -0.4 is 15.3 Å². The fraction of sp³-hybridized carbons (Fsp3) is 0.455. The first-order chi connectivity index (χ1) is 14.9. The molecule has 9 nitrogen and oxygen atoms in total. The van der Waals surface area contributed by atoms with Crippen molar-refractivity contribution in [2.24, 2.45) is 18.9 Å². The number of nitrogens with zero attached hydrogens (tertiary/aromatic N) is 6. The molecule has 1 saturated heterocycles. The van der Waals surface area contributed by atoms with Crippen molar-refractivity contribution in [1.29, 1.82) is 0 Å². The molecule has 1 fully saturated rings. The molecule has 3 aromatic heterocycles. The summed E-state index contributed by atoms with van der Waals surface area (Å²) in [7, 11) is 1.63. The fourth-order valence-corrected chi connectivity index (χ4v) is 4.72. The number of likely N-dealkylation sites (tertiary alicyclic amines) is 1. The molecule has 9 heteroatoms. The van der Waals surface area contributed by atoms with Gasteiger partial charge in [-0.3, -0.25) is 9.20 Å². The third-order valence-electron chi connectivity index (χ3n) is 6.03. The largest absolute Gasteiger partial charge is 0.488 e. The van der Waals surface area contributed by atoms with E-state index in [0.717, 1.165) is 25.2 Å². The minimum Gasteiger partial charge on any atom is -0.488 e. The summed E-state index contributed by atoms with van der Waals surface area (Å²) >= 11 is 0. The normalized spacial score (nSPS) is 21.1. The second-order valence-electron chi connectivity index (χ2n) is 8.72. The Bertz CT molecular complexity index is 1210. The number of ether oxygens (including phenoxy) is 1. The number of hydrogen-bond donors (Lipinski definition) is 0. The number of amides is 1. The van der Waals surface area contributed by atoms with E-state index in [0.29, 0.717) is 47.8 Å². The van der Waals surface area contributed by atoms with Gasteiger partial charge in [0.05, 0.1) is 12.1 Å². The van der Waals surface area contributed by atoms with Crippen LogP contribution >= 0.6 is 0 Å². The van der Waals surface area contributed by atoms with E-state index < -0.39 is 0 Å². The lowest BCUT2D eigenvalue weighted by Gasteiger charge is -2.35. The number of carbonyl (C=O) groups is 1. The monoisotopic (exact) mass is 422 g/mol. The van der Waals surface area contributed by atoms with Crippen LogP contribution in [0.2, 0.25) is 0 Å². The average Bonchev–Trinajstić information content (AvgIpc) is 3.04. The molecule has 3 aromatic rings. The number of anilines is 2. The molecule has 2 atom stereocenters. The van der Waals surface area contributed by atoms with E-state index in [-0.39, 0.29) is 11.6 Å². The van der Waals surface area contributed by atoms with Gasteiger partial charge in [-0.15, -0.1) is 0 Å². The highest BCUT2D eigenvalue weighted by Crippen LogP contribution is 2.36. The van der Waals surface area contributed by atoms with Gasteiger partial charge in [0.15, 0.2) is 17.2 Å². The quantitative estimate of drug-likeness (QED) is 0.629. The molecule has 0 N–H and O–H groups in total. The van der Waals surface area contributed by atoms with Gasteiger partial charge in [-0.2, -0.15) is 5.10 Å². The van der Waals surface area contributed by atoms with Crippen LogP contribution in [-0.4, -0.2) is 56.2 Å². The lowest BCUT2D eigenvalue weighted by Crippen LogP contribution is -2.42. The highest BCUT2D eigenvalue weighted by Gasteiger charge is 2.28. The molecule has 0 spiro atoms. The zero-order chi connectivity index (χ0) is 21.7. The van der Waals surface area contributed by atoms with E-state index in [2.05, 4.69) is 23.9 Å². The Morgan fingerprint density at radius 1 is 1.19 bits per heavy atom. The number of hydrogen-bond acceptors (Lipinski definition) is 6. The Morgan fingerprint density at radius 2 is 1.97 bits per heavy atom. The second kappa shape index (κ2) is 7.40. The lowest BCUT2D eigenvalue weighted by atomic mass is 9.91. The Morgan fingerprint density at radius 3 is 2.74 bits per heavy atom. The summed E-state index contributed by atoms with van der Waals surface area (Å²) in [5, 5.41) is 4.26. The number of fused-ring (bicyclic) bond motifs is 2. The number of aromatic nitrogens is 4. The Kier molecular flexibility index (Phi) is 4.68. The topological polar surface area (TPSA) is 85.0 Å². The van der Waals surface area contributed by atoms with Crippen molar-refractivity contribution < 1.29 is 9.53 Å². The summed E-state index contributed by atoms with van der Waals surface area (Å²) in [4.78, 5) is 33.7. The molecular weight excluding hydrogens is 396 g/mol. The number of piperidine rings is 1. The van der Waals surface area contributed by atoms with Gasteiger partial charge in [0, 0.05) is 44.3 Å². The SMILES string of the molecule is C[C@@H]1C[C@H](C)CN(C(=O)c2cnc3c(c2)OCCN3c2ccn3c(=O)n(C)nc3c2)C1. The molecule has 0 saturated carbocycles. The number of rotatable bonds is 2. The maximum Gasteiger partial charge on any atom is 0.350 e. The van der Waals surface area contributed by atoms with Gasteiger partial charge < -0.3 is 14.5 Å². The van der Waals surface area contributed by atoms with Gasteiger partial charge in [-0.05, 0) is 30.4 Å². The van der Waals surface area contributed by atoms with Crippen LogP contribution in [0.25, 0.3) is 5.65 Å². The van der Waals surface area contributed by atoms with Crippen molar-refractivity contribution in [3.63, 3.8) is 0 Å². The number of pyridine rings is 2. The summed E-state index contributed by atoms with van der Waals surface area (Å²) in [5.41, 5.74) is 1.80. The summed E-state index contributed by atoms with van der Waals surface area (Å²) in [6.45, 7) is 7.02. The number of aryl methyl sites for hydroxylation is 1. The third kappa shape index (κ3) is 3.43. The van der Waals surface area contributed by atoms with E-state index in [9.17, 15) is 9.59 Å². The Hall–Kier alpha value is -3.36. The first-order valence-electron chi connectivity index (χ1n) is 10.7. The summed E-state index contributed by atoms with van der Waals surface area (Å²) in [6.07, 6.45) is 4.50. The molecule has 0 radical (unpaired) electrons. The molecule has 162 valence electrons. The highest BCUT2D eigenvalue weighted by atomic mass is 16.5. The van der Waals surface area contributed by atoms with Gasteiger partial charge in [0.2, 0.25) is 0 Å². The molecular formula is C22H26N6O3. The van der Waals surface area contributed by atoms with Crippen molar-refractivity contribution in [3.05, 3.63) is 46.6 Å². The average molecular weight is 422 g/mol. The lowest BCUT2D eigenvalue weighted by molar-refractivity contribution is 0.0622. The fourth-order valence-electron chi connectivity index (χ4n) is 4.72. The Balaban J connectivity index is 1.45. The van der Waals surface area contributed by atoms with Crippen molar-refractivity contribution in [2.45, 2.75) is 20.3 Å². The van der Waals surface area contributed by atoms with Gasteiger partial charge in [-0.25, -0.2) is 14.5 Å². The van der Waals surface area contributed by atoms with Crippen molar-refractivity contribution in [2.75, 3.05) is 31.1 Å². The van der Waals surface area contributed by atoms with Crippen LogP contribution in [0.1, 0.15) is 30.6 Å². The van der Waals surface area contributed by atoms with Crippen molar-refractivity contribution in [1.82, 2.24) is 24.1 Å². The predicted molar refractivity (Wildman–Crippen MR) is 116 cm³/mol. The minimum atomic E-state index is -0.188. The third-order valence-corrected chi connectivity index (χ3v) is 6.03. The first kappa shape index (κ1) is 19.6. The van der Waals surface area contributed by atoms with E-state index in [1.807, 2.05) is 21.9 Å². The van der Waals surface area contributed by atoms with Crippen LogP contribution in [0.15, 0.2) is 35.4 Å². The van der Waals surface area contributed by atoms with E-state index in [4.69, 9.17) is 4.74 Å². The van der Waals surface area contributed by atoms with Crippen LogP contribution in [-0.2, 0) is 7.05 Å². The second-order valence-corrected chi connectivity index (χ2v) is 8.72. The molecule has 0 bridgehead atoms. The summed E-state index contributed by atoms with van der Waals surface area (Å²) in [5.74, 6) is 2.25. The molecule has 2 aliphatic rings. The maximum absolute atomic E-state index is 13.1. The van der Waals surface area contributed by atoms with Gasteiger partial charge in [0.1, 0.15) is 6.61 Å². The molecule has 0 aromatic carbocycles. The molecule has 31 heavy (non-hydrogen) atoms. The summed E-state index contributed by atoms with van der Waals surface area (Å²) in [6, 6.07) is 5.51. The molecule has 0 aliphatic carbocycles. The van der Waals surface area contributed by atoms with Crippen LogP contribution in [0.5, 0.6) is 5.75 Å². The van der Waals surface area contributed by atoms with Gasteiger partial charge in [-0.1, -0.05) is 13.8 Å². The molecule has 5 rings (SSSR count). The van der Waals surface area contributed by atoms with E-state index >= 15 is 0 Å². The van der Waals surface area contributed by atoms with Gasteiger partial charge in [0.25, 0.3) is 5.91 Å². The zero-order valence-electron chi connectivity index (χ0n) is 18.0.